The number of nitrogens with one attached hydrogen (secondary N) is 1. The zero-order valence-electron chi connectivity index (χ0n) is 22.6. The number of carbonyl (C=O) groups excluding carboxylic acids is 2. The molecule has 3 rings (SSSR count). The Bertz CT molecular complexity index is 1640. The molecule has 0 aliphatic carbocycles. The minimum absolute atomic E-state index is 0.0276. The summed E-state index contributed by atoms with van der Waals surface area (Å²) >= 11 is 6.19. The minimum atomic E-state index is -1.32. The molecule has 1 amide bonds. The van der Waals surface area contributed by atoms with Gasteiger partial charge in [0.1, 0.15) is 17.6 Å². The topological polar surface area (TPSA) is 115 Å². The first-order valence-electron chi connectivity index (χ1n) is 12.4. The smallest absolute Gasteiger partial charge is 0.335 e. The fourth-order valence-corrected chi connectivity index (χ4v) is 4.34. The molecule has 0 saturated heterocycles. The van der Waals surface area contributed by atoms with Crippen LogP contribution < -0.4 is 15.6 Å². The Hall–Kier alpha value is -4.76. The summed E-state index contributed by atoms with van der Waals surface area (Å²) in [4.78, 5) is 50.6. The average molecular weight is 579 g/mol. The molecule has 3 aromatic rings. The summed E-state index contributed by atoms with van der Waals surface area (Å²) in [5, 5.41) is 11.9. The highest BCUT2D eigenvalue weighted by Crippen LogP contribution is 2.34. The van der Waals surface area contributed by atoms with Crippen LogP contribution in [0.5, 0.6) is 5.75 Å². The third-order valence-corrected chi connectivity index (χ3v) is 6.51. The van der Waals surface area contributed by atoms with Crippen LogP contribution in [0.4, 0.5) is 10.1 Å². The lowest BCUT2D eigenvalue weighted by Gasteiger charge is -2.22. The van der Waals surface area contributed by atoms with E-state index in [0.29, 0.717) is 27.3 Å². The number of carboxylic acids is 1. The molecule has 0 spiro atoms. The van der Waals surface area contributed by atoms with Crippen molar-refractivity contribution in [2.45, 2.75) is 26.3 Å². The maximum Gasteiger partial charge on any atom is 0.335 e. The van der Waals surface area contributed by atoms with E-state index in [1.807, 2.05) is 0 Å². The van der Waals surface area contributed by atoms with Crippen molar-refractivity contribution in [3.05, 3.63) is 117 Å². The van der Waals surface area contributed by atoms with Gasteiger partial charge in [0.15, 0.2) is 5.78 Å². The standard InChI is InChI=1S/C31H28ClFN2O6/c1-5-7-8-19(6-2)13-27(30(38)34-26-12-9-20(31(39)40)14-25(26)33)35-17-28(41-4)24(16-29(35)37)23-15-21(32)10-11-22(23)18(3)36/h5-12,14-17,27H,1,13H2,2-4H3,(H,34,38)(H,39,40)/b8-7-,19-6+. The zero-order chi connectivity index (χ0) is 30.3. The van der Waals surface area contributed by atoms with Crippen molar-refractivity contribution in [3.63, 3.8) is 0 Å². The van der Waals surface area contributed by atoms with E-state index in [2.05, 4.69) is 11.9 Å². The third-order valence-electron chi connectivity index (χ3n) is 6.27. The number of rotatable bonds is 11. The lowest BCUT2D eigenvalue weighted by Crippen LogP contribution is -2.33. The molecule has 212 valence electrons. The average Bonchev–Trinajstić information content (AvgIpc) is 2.94. The summed E-state index contributed by atoms with van der Waals surface area (Å²) in [6.45, 7) is 6.79. The van der Waals surface area contributed by atoms with Crippen LogP contribution in [0, 0.1) is 5.82 Å². The second kappa shape index (κ2) is 13.5. The molecule has 1 unspecified atom stereocenters. The summed E-state index contributed by atoms with van der Waals surface area (Å²) < 4.78 is 21.4. The SMILES string of the molecule is C=C/C=C\C(=C/C)CC(C(=O)Nc1ccc(C(=O)O)cc1F)n1cc(OC)c(-c2cc(Cl)ccc2C(C)=O)cc1=O. The highest BCUT2D eigenvalue weighted by atomic mass is 35.5. The van der Waals surface area contributed by atoms with Crippen LogP contribution >= 0.6 is 11.6 Å². The third kappa shape index (κ3) is 7.26. The molecule has 0 aliphatic rings. The van der Waals surface area contributed by atoms with Gasteiger partial charge in [0.25, 0.3) is 5.56 Å². The molecule has 10 heteroatoms. The molecule has 0 radical (unpaired) electrons. The van der Waals surface area contributed by atoms with Gasteiger partial charge < -0.3 is 15.2 Å². The molecule has 0 saturated carbocycles. The van der Waals surface area contributed by atoms with Gasteiger partial charge in [-0.25, -0.2) is 9.18 Å². The number of allylic oxidation sites excluding steroid dienone is 5. The van der Waals surface area contributed by atoms with E-state index in [-0.39, 0.29) is 29.2 Å². The Morgan fingerprint density at radius 1 is 1.17 bits per heavy atom. The first-order valence-corrected chi connectivity index (χ1v) is 12.8. The highest BCUT2D eigenvalue weighted by Gasteiger charge is 2.26. The lowest BCUT2D eigenvalue weighted by molar-refractivity contribution is -0.119. The number of amides is 1. The maximum absolute atomic E-state index is 14.7. The van der Waals surface area contributed by atoms with E-state index in [1.165, 1.54) is 26.3 Å². The Balaban J connectivity index is 2.16. The first-order chi connectivity index (χ1) is 19.5. The number of benzene rings is 2. The number of hydrogen-bond donors (Lipinski definition) is 2. The number of pyridine rings is 1. The molecule has 1 heterocycles. The predicted molar refractivity (Wildman–Crippen MR) is 156 cm³/mol. The van der Waals surface area contributed by atoms with Gasteiger partial charge in [-0.1, -0.05) is 42.5 Å². The van der Waals surface area contributed by atoms with Crippen molar-refractivity contribution in [2.75, 3.05) is 12.4 Å². The molecule has 0 bridgehead atoms. The number of ketones is 1. The van der Waals surface area contributed by atoms with E-state index >= 15 is 0 Å². The molecule has 0 aliphatic heterocycles. The van der Waals surface area contributed by atoms with Crippen molar-refractivity contribution in [1.29, 1.82) is 0 Å². The number of aromatic carboxylic acids is 1. The van der Waals surface area contributed by atoms with Crippen LogP contribution in [0.3, 0.4) is 0 Å². The molecule has 1 aromatic heterocycles. The minimum Gasteiger partial charge on any atom is -0.495 e. The lowest BCUT2D eigenvalue weighted by atomic mass is 9.97. The van der Waals surface area contributed by atoms with Gasteiger partial charge in [-0.05, 0) is 61.4 Å². The highest BCUT2D eigenvalue weighted by molar-refractivity contribution is 6.31. The summed E-state index contributed by atoms with van der Waals surface area (Å²) in [7, 11) is 1.38. The number of Topliss-reactive ketones (excluding diaryl/α,β-unsaturated/α-hetero) is 1. The summed E-state index contributed by atoms with van der Waals surface area (Å²) in [6.07, 6.45) is 8.07. The first kappa shape index (κ1) is 30.8. The van der Waals surface area contributed by atoms with E-state index in [1.54, 1.807) is 49.4 Å². The van der Waals surface area contributed by atoms with Gasteiger partial charge in [0.05, 0.1) is 24.6 Å². The fourth-order valence-electron chi connectivity index (χ4n) is 4.17. The van der Waals surface area contributed by atoms with Gasteiger partial charge in [-0.15, -0.1) is 0 Å². The van der Waals surface area contributed by atoms with Crippen LogP contribution in [-0.4, -0.2) is 34.4 Å². The second-order valence-corrected chi connectivity index (χ2v) is 9.35. The van der Waals surface area contributed by atoms with E-state index in [4.69, 9.17) is 21.4 Å². The van der Waals surface area contributed by atoms with E-state index in [0.717, 1.165) is 22.8 Å². The summed E-state index contributed by atoms with van der Waals surface area (Å²) in [5.41, 5.74) is 0.547. The molecular formula is C31H28ClFN2O6. The number of ether oxygens (including phenoxy) is 1. The molecule has 41 heavy (non-hydrogen) atoms. The van der Waals surface area contributed by atoms with Crippen LogP contribution in [-0.2, 0) is 4.79 Å². The number of carbonyl (C=O) groups is 3. The van der Waals surface area contributed by atoms with Crippen LogP contribution in [0.15, 0.2) is 89.9 Å². The summed E-state index contributed by atoms with van der Waals surface area (Å²) in [6, 6.07) is 7.80. The maximum atomic E-state index is 14.7. The number of methoxy groups -OCH3 is 1. The number of carboxylic acid groups (broad SMARTS) is 1. The number of nitrogens with zero attached hydrogens (tertiary/aromatic N) is 1. The van der Waals surface area contributed by atoms with Crippen molar-refractivity contribution in [2.24, 2.45) is 0 Å². The Kier molecular flexibility index (Phi) is 10.2. The molecule has 8 nitrogen and oxygen atoms in total. The van der Waals surface area contributed by atoms with Crippen molar-refractivity contribution < 1.29 is 28.6 Å². The number of hydrogen-bond acceptors (Lipinski definition) is 5. The van der Waals surface area contributed by atoms with Crippen LogP contribution in [0.2, 0.25) is 5.02 Å². The number of anilines is 1. The fraction of sp³-hybridized carbons (Fsp3) is 0.161. The quantitative estimate of drug-likeness (QED) is 0.199. The van der Waals surface area contributed by atoms with Gasteiger partial charge in [-0.2, -0.15) is 0 Å². The van der Waals surface area contributed by atoms with E-state index < -0.39 is 29.3 Å². The Labute approximate surface area is 241 Å². The molecule has 2 N–H and O–H groups in total. The largest absolute Gasteiger partial charge is 0.495 e. The van der Waals surface area contributed by atoms with Crippen molar-refractivity contribution in [1.82, 2.24) is 4.57 Å². The summed E-state index contributed by atoms with van der Waals surface area (Å²) in [5.74, 6) is -3.07. The van der Waals surface area contributed by atoms with Gasteiger partial charge in [-0.3, -0.25) is 19.0 Å². The van der Waals surface area contributed by atoms with Crippen LogP contribution in [0.1, 0.15) is 47.0 Å². The van der Waals surface area contributed by atoms with Gasteiger partial charge >= 0.3 is 5.97 Å². The van der Waals surface area contributed by atoms with Crippen molar-refractivity contribution in [3.8, 4) is 16.9 Å². The Morgan fingerprint density at radius 2 is 1.90 bits per heavy atom. The monoisotopic (exact) mass is 578 g/mol. The second-order valence-electron chi connectivity index (χ2n) is 8.91. The van der Waals surface area contributed by atoms with E-state index in [9.17, 15) is 23.6 Å². The number of aromatic nitrogens is 1. The molecular weight excluding hydrogens is 551 g/mol. The number of halogens is 2. The van der Waals surface area contributed by atoms with Crippen LogP contribution in [0.25, 0.3) is 11.1 Å². The van der Waals surface area contributed by atoms with Crippen molar-refractivity contribution >= 4 is 34.9 Å². The van der Waals surface area contributed by atoms with Gasteiger partial charge in [0, 0.05) is 28.6 Å². The normalized spacial score (nSPS) is 12.2. The molecule has 2 aromatic carbocycles. The Morgan fingerprint density at radius 3 is 2.49 bits per heavy atom. The molecule has 1 atom stereocenters. The predicted octanol–water partition coefficient (Wildman–Crippen LogP) is 6.48. The molecule has 0 fully saturated rings. The zero-order valence-corrected chi connectivity index (χ0v) is 23.4. The van der Waals surface area contributed by atoms with Gasteiger partial charge in [0.2, 0.25) is 5.91 Å².